The van der Waals surface area contributed by atoms with Gasteiger partial charge in [0, 0.05) is 6.04 Å². The number of fused-ring (bicyclic) bond motifs is 1. The third-order valence-electron chi connectivity index (χ3n) is 4.95. The highest BCUT2D eigenvalue weighted by Crippen LogP contribution is 2.36. The largest absolute Gasteiger partial charge is 0.323 e. The van der Waals surface area contributed by atoms with Crippen molar-refractivity contribution in [3.63, 3.8) is 0 Å². The molecule has 1 aromatic carbocycles. The lowest BCUT2D eigenvalue weighted by molar-refractivity contribution is 0.461. The monoisotopic (exact) mass is 293 g/mol. The predicted molar refractivity (Wildman–Crippen MR) is 81.3 cm³/mol. The van der Waals surface area contributed by atoms with Crippen molar-refractivity contribution >= 4 is 9.84 Å². The van der Waals surface area contributed by atoms with Gasteiger partial charge in [0.05, 0.1) is 10.5 Å². The van der Waals surface area contributed by atoms with Crippen molar-refractivity contribution in [3.05, 3.63) is 35.4 Å². The zero-order valence-corrected chi connectivity index (χ0v) is 12.6. The average molecular weight is 293 g/mol. The van der Waals surface area contributed by atoms with Crippen molar-refractivity contribution in [2.45, 2.75) is 61.5 Å². The molecule has 0 amide bonds. The van der Waals surface area contributed by atoms with Crippen molar-refractivity contribution < 1.29 is 8.42 Å². The molecule has 2 atom stereocenters. The zero-order chi connectivity index (χ0) is 14.2. The van der Waals surface area contributed by atoms with E-state index in [1.165, 1.54) is 12.0 Å². The van der Waals surface area contributed by atoms with Crippen LogP contribution in [0.5, 0.6) is 0 Å². The van der Waals surface area contributed by atoms with E-state index in [4.69, 9.17) is 5.73 Å². The molecular formula is C16H23NO2S. The zero-order valence-electron chi connectivity index (χ0n) is 11.8. The summed E-state index contributed by atoms with van der Waals surface area (Å²) < 4.78 is 25.8. The molecule has 1 saturated carbocycles. The fourth-order valence-electron chi connectivity index (χ4n) is 3.77. The van der Waals surface area contributed by atoms with Crippen LogP contribution in [0, 0.1) is 0 Å². The summed E-state index contributed by atoms with van der Waals surface area (Å²) in [7, 11) is -3.10. The number of sulfone groups is 1. The molecule has 2 N–H and O–H groups in total. The van der Waals surface area contributed by atoms with Gasteiger partial charge >= 0.3 is 0 Å². The molecule has 0 radical (unpaired) electrons. The van der Waals surface area contributed by atoms with Gasteiger partial charge in [-0.1, -0.05) is 43.5 Å². The minimum Gasteiger partial charge on any atom is -0.323 e. The molecular weight excluding hydrogens is 270 g/mol. The van der Waals surface area contributed by atoms with Crippen LogP contribution >= 0.6 is 0 Å². The van der Waals surface area contributed by atoms with Crippen LogP contribution in [-0.2, 0) is 16.3 Å². The van der Waals surface area contributed by atoms with E-state index in [1.807, 2.05) is 18.2 Å². The Morgan fingerprint density at radius 3 is 2.45 bits per heavy atom. The summed E-state index contributed by atoms with van der Waals surface area (Å²) in [6.07, 6.45) is 6.42. The van der Waals surface area contributed by atoms with Gasteiger partial charge in [-0.2, -0.15) is 0 Å². The molecule has 0 aromatic heterocycles. The summed E-state index contributed by atoms with van der Waals surface area (Å²) in [5.41, 5.74) is 8.55. The first kappa shape index (κ1) is 14.1. The highest BCUT2D eigenvalue weighted by molar-refractivity contribution is 7.92. The van der Waals surface area contributed by atoms with E-state index in [2.05, 4.69) is 6.07 Å². The van der Waals surface area contributed by atoms with Gasteiger partial charge in [0.25, 0.3) is 0 Å². The average Bonchev–Trinajstić information content (AvgIpc) is 2.48. The molecule has 0 bridgehead atoms. The molecule has 2 aliphatic rings. The van der Waals surface area contributed by atoms with Crippen LogP contribution in [0.15, 0.2) is 24.3 Å². The summed E-state index contributed by atoms with van der Waals surface area (Å²) in [5, 5.41) is -0.543. The lowest BCUT2D eigenvalue weighted by Gasteiger charge is -2.34. The van der Waals surface area contributed by atoms with Gasteiger partial charge in [0.15, 0.2) is 9.84 Å². The molecule has 0 saturated heterocycles. The summed E-state index contributed by atoms with van der Waals surface area (Å²) in [4.78, 5) is 0. The maximum Gasteiger partial charge on any atom is 0.157 e. The van der Waals surface area contributed by atoms with Crippen LogP contribution in [0.1, 0.15) is 55.7 Å². The van der Waals surface area contributed by atoms with E-state index in [0.717, 1.165) is 37.7 Å². The molecule has 1 fully saturated rings. The highest BCUT2D eigenvalue weighted by atomic mass is 32.2. The van der Waals surface area contributed by atoms with Crippen LogP contribution in [-0.4, -0.2) is 18.9 Å². The molecule has 2 unspecified atom stereocenters. The Labute approximate surface area is 121 Å². The van der Waals surface area contributed by atoms with Gasteiger partial charge in [-0.3, -0.25) is 0 Å². The summed E-state index contributed by atoms with van der Waals surface area (Å²) in [6.45, 7) is 0. The van der Waals surface area contributed by atoms with Crippen LogP contribution < -0.4 is 5.73 Å². The summed E-state index contributed by atoms with van der Waals surface area (Å²) in [6, 6.07) is 7.66. The van der Waals surface area contributed by atoms with E-state index < -0.39 is 9.84 Å². The predicted octanol–water partition coefficient (Wildman–Crippen LogP) is 2.75. The van der Waals surface area contributed by atoms with E-state index in [1.54, 1.807) is 0 Å². The second-order valence-corrected chi connectivity index (χ2v) is 8.60. The third kappa shape index (κ3) is 2.40. The second-order valence-electron chi connectivity index (χ2n) is 6.15. The minimum absolute atomic E-state index is 0.155. The van der Waals surface area contributed by atoms with Crippen molar-refractivity contribution in [2.24, 2.45) is 5.73 Å². The molecule has 4 heteroatoms. The Hall–Kier alpha value is -0.870. The SMILES string of the molecule is NC1c2ccccc2CCC1S(=O)(=O)C1CCCCC1. The molecule has 0 aliphatic heterocycles. The summed E-state index contributed by atoms with van der Waals surface area (Å²) >= 11 is 0. The molecule has 2 aliphatic carbocycles. The van der Waals surface area contributed by atoms with Gasteiger partial charge in [0.1, 0.15) is 0 Å². The number of aryl methyl sites for hydroxylation is 1. The number of hydrogen-bond acceptors (Lipinski definition) is 3. The number of nitrogens with two attached hydrogens (primary N) is 1. The first-order valence-corrected chi connectivity index (χ1v) is 9.28. The molecule has 3 nitrogen and oxygen atoms in total. The fourth-order valence-corrected chi connectivity index (χ4v) is 6.26. The molecule has 1 aromatic rings. The molecule has 3 rings (SSSR count). The van der Waals surface area contributed by atoms with E-state index >= 15 is 0 Å². The quantitative estimate of drug-likeness (QED) is 0.912. The first-order valence-electron chi connectivity index (χ1n) is 7.67. The molecule has 0 heterocycles. The standard InChI is InChI=1S/C16H23NO2S/c17-16-14-9-5-4-6-12(14)10-11-15(16)20(18,19)13-7-2-1-3-8-13/h4-6,9,13,15-16H,1-3,7-8,10-11,17H2. The summed E-state index contributed by atoms with van der Waals surface area (Å²) in [5.74, 6) is 0. The van der Waals surface area contributed by atoms with Crippen LogP contribution in [0.25, 0.3) is 0 Å². The Morgan fingerprint density at radius 1 is 1.00 bits per heavy atom. The molecule has 20 heavy (non-hydrogen) atoms. The van der Waals surface area contributed by atoms with Crippen LogP contribution in [0.3, 0.4) is 0 Å². The van der Waals surface area contributed by atoms with Gasteiger partial charge < -0.3 is 5.73 Å². The Bertz CT molecular complexity index is 576. The normalized spacial score (nSPS) is 28.1. The smallest absolute Gasteiger partial charge is 0.157 e. The number of rotatable bonds is 2. The lowest BCUT2D eigenvalue weighted by Crippen LogP contribution is -2.42. The van der Waals surface area contributed by atoms with Gasteiger partial charge in [-0.25, -0.2) is 8.42 Å². The van der Waals surface area contributed by atoms with Crippen LogP contribution in [0.2, 0.25) is 0 Å². The van der Waals surface area contributed by atoms with Crippen molar-refractivity contribution in [2.75, 3.05) is 0 Å². The lowest BCUT2D eigenvalue weighted by atomic mass is 9.88. The van der Waals surface area contributed by atoms with Crippen molar-refractivity contribution in [1.82, 2.24) is 0 Å². The van der Waals surface area contributed by atoms with Crippen molar-refractivity contribution in [1.29, 1.82) is 0 Å². The Kier molecular flexibility index (Phi) is 3.87. The second kappa shape index (κ2) is 5.49. The van der Waals surface area contributed by atoms with Gasteiger partial charge in [0.2, 0.25) is 0 Å². The van der Waals surface area contributed by atoms with Crippen LogP contribution in [0.4, 0.5) is 0 Å². The Morgan fingerprint density at radius 2 is 1.70 bits per heavy atom. The Balaban J connectivity index is 1.88. The topological polar surface area (TPSA) is 60.2 Å². The first-order chi connectivity index (χ1) is 9.60. The minimum atomic E-state index is -3.10. The van der Waals surface area contributed by atoms with E-state index in [9.17, 15) is 8.42 Å². The highest BCUT2D eigenvalue weighted by Gasteiger charge is 2.40. The maximum atomic E-state index is 12.9. The van der Waals surface area contributed by atoms with Gasteiger partial charge in [-0.05, 0) is 36.8 Å². The van der Waals surface area contributed by atoms with E-state index in [0.29, 0.717) is 6.42 Å². The van der Waals surface area contributed by atoms with Gasteiger partial charge in [-0.15, -0.1) is 0 Å². The maximum absolute atomic E-state index is 12.9. The van der Waals surface area contributed by atoms with Crippen molar-refractivity contribution in [3.8, 4) is 0 Å². The number of benzene rings is 1. The molecule has 0 spiro atoms. The number of hydrogen-bond donors (Lipinski definition) is 1. The fraction of sp³-hybridized carbons (Fsp3) is 0.625. The third-order valence-corrected chi connectivity index (χ3v) is 7.73. The molecule has 110 valence electrons. The van der Waals surface area contributed by atoms with E-state index in [-0.39, 0.29) is 16.5 Å².